The minimum atomic E-state index is -4.49. The van der Waals surface area contributed by atoms with Crippen LogP contribution in [0.25, 0.3) is 22.6 Å². The van der Waals surface area contributed by atoms with E-state index >= 15 is 0 Å². The third-order valence-electron chi connectivity index (χ3n) is 4.30. The summed E-state index contributed by atoms with van der Waals surface area (Å²) >= 11 is 0. The second-order valence-corrected chi connectivity index (χ2v) is 8.06. The molecule has 7 nitrogen and oxygen atoms in total. The van der Waals surface area contributed by atoms with E-state index in [2.05, 4.69) is 9.97 Å². The molecule has 2 heterocycles. The summed E-state index contributed by atoms with van der Waals surface area (Å²) in [6.45, 7) is 5.50. The van der Waals surface area contributed by atoms with Crippen molar-refractivity contribution in [1.82, 2.24) is 9.97 Å². The van der Waals surface area contributed by atoms with E-state index in [1.54, 1.807) is 19.9 Å². The maximum Gasteiger partial charge on any atom is 0.391 e. The number of hydrogen-bond acceptors (Lipinski definition) is 4. The highest BCUT2D eigenvalue weighted by Gasteiger charge is 2.25. The fraction of sp³-hybridized carbons (Fsp3) is 0.353. The fourth-order valence-electron chi connectivity index (χ4n) is 2.87. The number of anilines is 1. The van der Waals surface area contributed by atoms with Crippen LogP contribution < -0.4 is 11.2 Å². The lowest BCUT2D eigenvalue weighted by Gasteiger charge is -2.16. The summed E-state index contributed by atoms with van der Waals surface area (Å²) in [6, 6.07) is 4.36. The summed E-state index contributed by atoms with van der Waals surface area (Å²) in [6.07, 6.45) is -0.572. The van der Waals surface area contributed by atoms with Crippen molar-refractivity contribution in [2.75, 3.05) is 5.73 Å². The molecule has 0 aliphatic carbocycles. The maximum atomic E-state index is 14.6. The average molecular weight is 381 g/mol. The Bertz CT molecular complexity index is 1010. The number of fused-ring (bicyclic) bond motifs is 1. The number of benzene rings is 1. The topological polar surface area (TPSA) is 125 Å². The van der Waals surface area contributed by atoms with Crippen LogP contribution in [0.4, 0.5) is 10.1 Å². The van der Waals surface area contributed by atoms with Crippen LogP contribution in [0.3, 0.4) is 0 Å². The van der Waals surface area contributed by atoms with Crippen molar-refractivity contribution in [1.29, 1.82) is 0 Å². The van der Waals surface area contributed by atoms with E-state index in [-0.39, 0.29) is 23.2 Å². The van der Waals surface area contributed by atoms with Crippen LogP contribution in [0.1, 0.15) is 38.1 Å². The van der Waals surface area contributed by atoms with Gasteiger partial charge >= 0.3 is 7.60 Å². The molecule has 3 aromatic rings. The number of hydrogen-bond donors (Lipinski definition) is 4. The zero-order chi connectivity index (χ0) is 19.2. The molecular formula is C17H21FN3O4P. The number of rotatable bonds is 5. The second-order valence-electron chi connectivity index (χ2n) is 6.53. The van der Waals surface area contributed by atoms with Gasteiger partial charge in [0.2, 0.25) is 5.50 Å². The quantitative estimate of drug-likeness (QED) is 0.396. The van der Waals surface area contributed by atoms with Crippen molar-refractivity contribution in [3.8, 4) is 11.6 Å². The molecule has 0 aliphatic rings. The molecule has 0 saturated carbocycles. The first-order chi connectivity index (χ1) is 12.1. The molecule has 0 saturated heterocycles. The predicted molar refractivity (Wildman–Crippen MR) is 98.0 cm³/mol. The van der Waals surface area contributed by atoms with Crippen molar-refractivity contribution in [3.05, 3.63) is 29.3 Å². The molecule has 1 aromatic carbocycles. The van der Waals surface area contributed by atoms with E-state index in [1.165, 1.54) is 12.1 Å². The highest BCUT2D eigenvalue weighted by Crippen LogP contribution is 2.38. The predicted octanol–water partition coefficient (Wildman–Crippen LogP) is 3.44. The standard InChI is InChI=1S/C17H21FN3O4P/c1-4-9-7-10(13(18)8(2)3)14(19)16-15(9)20-17(21-16)11-5-6-12(25-11)26(22,23)24/h5-8,13H,4,19H2,1-3H3,(H,20,21)(H2,22,23,24). The van der Waals surface area contributed by atoms with Gasteiger partial charge in [-0.05, 0) is 36.1 Å². The van der Waals surface area contributed by atoms with Crippen molar-refractivity contribution >= 4 is 29.8 Å². The van der Waals surface area contributed by atoms with Crippen LogP contribution in [0.15, 0.2) is 22.6 Å². The Balaban J connectivity index is 2.18. The number of furan rings is 1. The number of nitrogens with two attached hydrogens (primary N) is 1. The van der Waals surface area contributed by atoms with E-state index in [0.29, 0.717) is 23.0 Å². The molecule has 5 N–H and O–H groups in total. The van der Waals surface area contributed by atoms with E-state index < -0.39 is 19.3 Å². The number of aryl methyl sites for hydroxylation is 1. The van der Waals surface area contributed by atoms with Gasteiger partial charge in [0.25, 0.3) is 0 Å². The number of imidazole rings is 1. The summed E-state index contributed by atoms with van der Waals surface area (Å²) in [5.41, 5.74) is 8.32. The number of aromatic nitrogens is 2. The highest BCUT2D eigenvalue weighted by atomic mass is 31.2. The molecule has 1 atom stereocenters. The molecule has 2 aromatic heterocycles. The number of nitrogen functional groups attached to an aromatic ring is 1. The number of alkyl halides is 1. The summed E-state index contributed by atoms with van der Waals surface area (Å²) < 4.78 is 31.1. The minimum absolute atomic E-state index is 0.170. The van der Waals surface area contributed by atoms with E-state index in [0.717, 1.165) is 5.56 Å². The summed E-state index contributed by atoms with van der Waals surface area (Å²) in [5, 5.41) is 0. The van der Waals surface area contributed by atoms with Gasteiger partial charge in [0.15, 0.2) is 11.6 Å². The Morgan fingerprint density at radius 2 is 2.08 bits per heavy atom. The fourth-order valence-corrected chi connectivity index (χ4v) is 3.36. The maximum absolute atomic E-state index is 14.6. The average Bonchev–Trinajstić information content (AvgIpc) is 3.21. The number of halogens is 1. The Hall–Kier alpha value is -2.15. The highest BCUT2D eigenvalue weighted by molar-refractivity contribution is 7.59. The molecule has 0 radical (unpaired) electrons. The third kappa shape index (κ3) is 3.16. The number of H-pyrrole nitrogens is 1. The minimum Gasteiger partial charge on any atom is -0.445 e. The van der Waals surface area contributed by atoms with E-state index in [9.17, 15) is 18.7 Å². The molecule has 0 bridgehead atoms. The molecule has 0 fully saturated rings. The third-order valence-corrected chi connectivity index (χ3v) is 5.11. The summed E-state index contributed by atoms with van der Waals surface area (Å²) in [7, 11) is -4.49. The van der Waals surface area contributed by atoms with Gasteiger partial charge in [0.05, 0.1) is 11.2 Å². The summed E-state index contributed by atoms with van der Waals surface area (Å²) in [5.74, 6) is 0.218. The zero-order valence-electron chi connectivity index (χ0n) is 14.7. The first-order valence-corrected chi connectivity index (χ1v) is 9.86. The van der Waals surface area contributed by atoms with Crippen LogP contribution in [0, 0.1) is 5.92 Å². The Morgan fingerprint density at radius 3 is 2.62 bits per heavy atom. The van der Waals surface area contributed by atoms with Gasteiger partial charge in [-0.3, -0.25) is 4.57 Å². The molecule has 0 spiro atoms. The molecule has 0 amide bonds. The SMILES string of the molecule is CCc1cc(C(F)C(C)C)c(N)c2nc(-c3ccc(P(=O)(O)O)o3)[nH]c12. The molecule has 1 unspecified atom stereocenters. The van der Waals surface area contributed by atoms with Crippen molar-refractivity contribution in [3.63, 3.8) is 0 Å². The normalized spacial score (nSPS) is 13.7. The van der Waals surface area contributed by atoms with Crippen LogP contribution in [-0.2, 0) is 11.0 Å². The molecule has 26 heavy (non-hydrogen) atoms. The van der Waals surface area contributed by atoms with Gasteiger partial charge in [-0.1, -0.05) is 20.8 Å². The Labute approximate surface area is 149 Å². The largest absolute Gasteiger partial charge is 0.445 e. The van der Waals surface area contributed by atoms with Gasteiger partial charge in [0, 0.05) is 5.56 Å². The van der Waals surface area contributed by atoms with Crippen LogP contribution in [0.2, 0.25) is 0 Å². The van der Waals surface area contributed by atoms with Crippen LogP contribution >= 0.6 is 7.60 Å². The van der Waals surface area contributed by atoms with Crippen molar-refractivity contribution in [2.45, 2.75) is 33.4 Å². The van der Waals surface area contributed by atoms with Gasteiger partial charge in [-0.25, -0.2) is 9.37 Å². The lowest BCUT2D eigenvalue weighted by Crippen LogP contribution is -2.06. The van der Waals surface area contributed by atoms with Crippen LogP contribution in [-0.4, -0.2) is 19.8 Å². The zero-order valence-corrected chi connectivity index (χ0v) is 15.5. The van der Waals surface area contributed by atoms with Gasteiger partial charge in [-0.15, -0.1) is 0 Å². The lowest BCUT2D eigenvalue weighted by molar-refractivity contribution is 0.262. The molecule has 9 heteroatoms. The van der Waals surface area contributed by atoms with Crippen molar-refractivity contribution < 1.29 is 23.2 Å². The molecule has 140 valence electrons. The molecule has 3 rings (SSSR count). The lowest BCUT2D eigenvalue weighted by atomic mass is 9.95. The Morgan fingerprint density at radius 1 is 1.38 bits per heavy atom. The van der Waals surface area contributed by atoms with E-state index in [1.807, 2.05) is 6.92 Å². The van der Waals surface area contributed by atoms with Gasteiger partial charge in [0.1, 0.15) is 11.7 Å². The van der Waals surface area contributed by atoms with Gasteiger partial charge in [-0.2, -0.15) is 0 Å². The number of nitrogens with one attached hydrogen (secondary N) is 1. The smallest absolute Gasteiger partial charge is 0.391 e. The summed E-state index contributed by atoms with van der Waals surface area (Å²) in [4.78, 5) is 25.8. The first kappa shape index (κ1) is 18.6. The first-order valence-electron chi connectivity index (χ1n) is 8.24. The Kier molecular flexibility index (Phi) is 4.69. The monoisotopic (exact) mass is 381 g/mol. The van der Waals surface area contributed by atoms with Gasteiger partial charge < -0.3 is 24.9 Å². The second kappa shape index (κ2) is 6.54. The molecule has 0 aliphatic heterocycles. The number of aromatic amines is 1. The van der Waals surface area contributed by atoms with Crippen molar-refractivity contribution in [2.24, 2.45) is 5.92 Å². The van der Waals surface area contributed by atoms with Crippen LogP contribution in [0.5, 0.6) is 0 Å². The number of nitrogens with zero attached hydrogens (tertiary/aromatic N) is 1. The molecular weight excluding hydrogens is 360 g/mol. The van der Waals surface area contributed by atoms with E-state index in [4.69, 9.17) is 10.2 Å².